The van der Waals surface area contributed by atoms with Crippen LogP contribution in [-0.4, -0.2) is 27.4 Å². The molecule has 0 heterocycles. The van der Waals surface area contributed by atoms with Crippen LogP contribution in [0, 0.1) is 10.1 Å². The van der Waals surface area contributed by atoms with Crippen molar-refractivity contribution in [2.75, 3.05) is 0 Å². The van der Waals surface area contributed by atoms with Crippen LogP contribution in [0.3, 0.4) is 0 Å². The Kier molecular flexibility index (Phi) is 6.21. The number of aliphatic hydroxyl groups excluding tert-OH is 1. The summed E-state index contributed by atoms with van der Waals surface area (Å²) in [6.07, 6.45) is -7.96. The molecule has 0 fully saturated rings. The van der Waals surface area contributed by atoms with E-state index in [9.17, 15) is 28.4 Å². The number of hydrogen-bond acceptors (Lipinski definition) is 5. The minimum Gasteiger partial charge on any atom is -0.502 e. The van der Waals surface area contributed by atoms with Gasteiger partial charge in [0, 0.05) is 16.1 Å². The molecule has 1 aromatic carbocycles. The van der Waals surface area contributed by atoms with Crippen LogP contribution in [0.4, 0.5) is 18.9 Å². The summed E-state index contributed by atoms with van der Waals surface area (Å²) in [6.45, 7) is 0. The molecule has 0 aliphatic heterocycles. The average Bonchev–Trinajstić information content (AvgIpc) is 2.28. The van der Waals surface area contributed by atoms with Gasteiger partial charge in [0.2, 0.25) is 0 Å². The van der Waals surface area contributed by atoms with E-state index in [1.54, 1.807) is 0 Å². The molecule has 0 radical (unpaired) electrons. The van der Waals surface area contributed by atoms with Crippen LogP contribution in [0.15, 0.2) is 16.6 Å². The topological polar surface area (TPSA) is 110 Å². The number of nitro benzene ring substituents is 1. The second kappa shape index (κ2) is 6.57. The van der Waals surface area contributed by atoms with Crippen LogP contribution in [0.2, 0.25) is 0 Å². The number of hydrogen-bond donors (Lipinski definition) is 3. The standard InChI is InChI=1S/C9H8BrF3N2O4.ClH/c10-3-1-4(6(14)8(17)9(11,12)13)7(16)5(2-3)15(18)19;/h1-2,6,8,16-17H,14H2;1H/t6-,8-;/m0./s1. The number of nitro groups is 1. The normalized spacial score (nSPS) is 14.3. The molecule has 0 saturated heterocycles. The molecule has 0 spiro atoms. The van der Waals surface area contributed by atoms with Gasteiger partial charge in [0.15, 0.2) is 11.9 Å². The first-order chi connectivity index (χ1) is 8.55. The van der Waals surface area contributed by atoms with Crippen molar-refractivity contribution in [2.45, 2.75) is 18.3 Å². The van der Waals surface area contributed by atoms with Crippen molar-refractivity contribution in [1.82, 2.24) is 0 Å². The first kappa shape index (κ1) is 18.9. The van der Waals surface area contributed by atoms with Crippen molar-refractivity contribution >= 4 is 34.0 Å². The number of aliphatic hydroxyl groups is 1. The monoisotopic (exact) mass is 380 g/mol. The Hall–Kier alpha value is -1.10. The molecule has 114 valence electrons. The fraction of sp³-hybridized carbons (Fsp3) is 0.333. The van der Waals surface area contributed by atoms with E-state index >= 15 is 0 Å². The predicted octanol–water partition coefficient (Wildman–Crippen LogP) is 2.41. The van der Waals surface area contributed by atoms with Crippen LogP contribution in [-0.2, 0) is 0 Å². The molecule has 11 heteroatoms. The second-order valence-electron chi connectivity index (χ2n) is 3.63. The molecule has 1 aromatic rings. The Labute approximate surface area is 125 Å². The minimum atomic E-state index is -5.01. The fourth-order valence-electron chi connectivity index (χ4n) is 1.37. The number of benzene rings is 1. The van der Waals surface area contributed by atoms with Gasteiger partial charge in [-0.3, -0.25) is 10.1 Å². The van der Waals surface area contributed by atoms with Gasteiger partial charge in [-0.2, -0.15) is 13.2 Å². The van der Waals surface area contributed by atoms with E-state index in [-0.39, 0.29) is 16.9 Å². The molecule has 0 amide bonds. The zero-order valence-electron chi connectivity index (χ0n) is 9.46. The van der Waals surface area contributed by atoms with E-state index in [1.165, 1.54) is 0 Å². The maximum absolute atomic E-state index is 12.3. The molecule has 4 N–H and O–H groups in total. The average molecular weight is 382 g/mol. The van der Waals surface area contributed by atoms with Gasteiger partial charge in [0.1, 0.15) is 0 Å². The van der Waals surface area contributed by atoms with Crippen LogP contribution in [0.25, 0.3) is 0 Å². The lowest BCUT2D eigenvalue weighted by atomic mass is 10.00. The van der Waals surface area contributed by atoms with E-state index in [4.69, 9.17) is 10.8 Å². The van der Waals surface area contributed by atoms with Crippen LogP contribution in [0.5, 0.6) is 5.75 Å². The lowest BCUT2D eigenvalue weighted by Gasteiger charge is -2.22. The zero-order chi connectivity index (χ0) is 15.0. The lowest BCUT2D eigenvalue weighted by molar-refractivity contribution is -0.386. The number of alkyl halides is 3. The van der Waals surface area contributed by atoms with Crippen molar-refractivity contribution in [3.63, 3.8) is 0 Å². The molecule has 0 saturated carbocycles. The van der Waals surface area contributed by atoms with Crippen molar-refractivity contribution < 1.29 is 28.3 Å². The fourth-order valence-corrected chi connectivity index (χ4v) is 1.84. The van der Waals surface area contributed by atoms with Crippen molar-refractivity contribution in [3.05, 3.63) is 32.3 Å². The Bertz CT molecular complexity index is 515. The lowest BCUT2D eigenvalue weighted by Crippen LogP contribution is -2.38. The first-order valence-corrected chi connectivity index (χ1v) is 5.52. The van der Waals surface area contributed by atoms with Gasteiger partial charge >= 0.3 is 11.9 Å². The SMILES string of the molecule is Cl.N[C@@H](c1cc(Br)cc([N+](=O)[O-])c1O)[C@H](O)C(F)(F)F. The van der Waals surface area contributed by atoms with E-state index in [0.717, 1.165) is 12.1 Å². The van der Waals surface area contributed by atoms with Gasteiger partial charge in [-0.15, -0.1) is 12.4 Å². The van der Waals surface area contributed by atoms with Crippen molar-refractivity contribution in [1.29, 1.82) is 0 Å². The Morgan fingerprint density at radius 1 is 1.40 bits per heavy atom. The molecular formula is C9H9BrClF3N2O4. The number of rotatable bonds is 3. The van der Waals surface area contributed by atoms with E-state index in [0.29, 0.717) is 0 Å². The van der Waals surface area contributed by atoms with Crippen LogP contribution < -0.4 is 5.73 Å². The molecule has 0 unspecified atom stereocenters. The van der Waals surface area contributed by atoms with Gasteiger partial charge in [-0.1, -0.05) is 15.9 Å². The number of phenols is 1. The summed E-state index contributed by atoms with van der Waals surface area (Å²) < 4.78 is 37.0. The number of halogens is 5. The second-order valence-corrected chi connectivity index (χ2v) is 4.55. The quantitative estimate of drug-likeness (QED) is 0.550. The number of nitrogens with two attached hydrogens (primary N) is 1. The van der Waals surface area contributed by atoms with Crippen molar-refractivity contribution in [2.24, 2.45) is 5.73 Å². The molecule has 0 aliphatic rings. The summed E-state index contributed by atoms with van der Waals surface area (Å²) in [7, 11) is 0. The summed E-state index contributed by atoms with van der Waals surface area (Å²) in [4.78, 5) is 9.64. The summed E-state index contributed by atoms with van der Waals surface area (Å²) in [5.41, 5.74) is 3.80. The highest BCUT2D eigenvalue weighted by Crippen LogP contribution is 2.39. The number of phenolic OH excluding ortho intramolecular Hbond substituents is 1. The third-order valence-corrected chi connectivity index (χ3v) is 2.77. The molecule has 1 rings (SSSR count). The van der Waals surface area contributed by atoms with Gasteiger partial charge in [-0.05, 0) is 6.07 Å². The first-order valence-electron chi connectivity index (χ1n) is 4.73. The number of aromatic hydroxyl groups is 1. The Morgan fingerprint density at radius 3 is 2.30 bits per heavy atom. The smallest absolute Gasteiger partial charge is 0.416 e. The third kappa shape index (κ3) is 3.95. The maximum Gasteiger partial charge on any atom is 0.416 e. The molecular weight excluding hydrogens is 372 g/mol. The van der Waals surface area contributed by atoms with E-state index in [1.807, 2.05) is 0 Å². The highest BCUT2D eigenvalue weighted by Gasteiger charge is 2.44. The largest absolute Gasteiger partial charge is 0.502 e. The van der Waals surface area contributed by atoms with Gasteiger partial charge in [0.25, 0.3) is 0 Å². The van der Waals surface area contributed by atoms with Gasteiger partial charge in [0.05, 0.1) is 11.0 Å². The molecule has 0 bridgehead atoms. The summed E-state index contributed by atoms with van der Waals surface area (Å²) in [5, 5.41) is 29.2. The highest BCUT2D eigenvalue weighted by molar-refractivity contribution is 9.10. The predicted molar refractivity (Wildman–Crippen MR) is 68.7 cm³/mol. The van der Waals surface area contributed by atoms with Crippen LogP contribution >= 0.6 is 28.3 Å². The Morgan fingerprint density at radius 2 is 1.90 bits per heavy atom. The number of nitrogens with zero attached hydrogens (tertiary/aromatic N) is 1. The summed E-state index contributed by atoms with van der Waals surface area (Å²) in [6, 6.07) is -0.163. The summed E-state index contributed by atoms with van der Waals surface area (Å²) in [5.74, 6) is -1.01. The molecule has 20 heavy (non-hydrogen) atoms. The maximum atomic E-state index is 12.3. The van der Waals surface area contributed by atoms with Crippen molar-refractivity contribution in [3.8, 4) is 5.75 Å². The van der Waals surface area contributed by atoms with E-state index in [2.05, 4.69) is 15.9 Å². The minimum absolute atomic E-state index is 0. The zero-order valence-corrected chi connectivity index (χ0v) is 11.9. The third-order valence-electron chi connectivity index (χ3n) is 2.32. The molecule has 6 nitrogen and oxygen atoms in total. The van der Waals surface area contributed by atoms with Gasteiger partial charge < -0.3 is 15.9 Å². The highest BCUT2D eigenvalue weighted by atomic mass is 79.9. The molecule has 0 aromatic heterocycles. The van der Waals surface area contributed by atoms with E-state index < -0.39 is 40.2 Å². The van der Waals surface area contributed by atoms with Gasteiger partial charge in [-0.25, -0.2) is 0 Å². The molecule has 2 atom stereocenters. The summed E-state index contributed by atoms with van der Waals surface area (Å²) >= 11 is 2.85. The van der Waals surface area contributed by atoms with Crippen LogP contribution in [0.1, 0.15) is 11.6 Å². The molecule has 0 aliphatic carbocycles. The Balaban J connectivity index is 0.00000361.